The van der Waals surface area contributed by atoms with Gasteiger partial charge in [-0.2, -0.15) is 0 Å². The van der Waals surface area contributed by atoms with Gasteiger partial charge in [0.2, 0.25) is 12.2 Å². The number of thiocarbonyl (C=S) groups is 1. The predicted molar refractivity (Wildman–Crippen MR) is 366 cm³/mol. The molecule has 1 amide bonds. The lowest BCUT2D eigenvalue weighted by molar-refractivity contribution is -0.370. The summed E-state index contributed by atoms with van der Waals surface area (Å²) in [5.74, 6) is -3.14. The van der Waals surface area contributed by atoms with E-state index in [9.17, 15) is 75.3 Å². The molecular formula is C74H97N3O23S. The van der Waals surface area contributed by atoms with Gasteiger partial charge in [0.25, 0.3) is 0 Å². The molecule has 27 heteroatoms. The molecule has 24 atom stereocenters. The van der Waals surface area contributed by atoms with Crippen molar-refractivity contribution in [2.45, 2.75) is 230 Å². The normalized spacial score (nSPS) is 39.6. The van der Waals surface area contributed by atoms with Crippen molar-refractivity contribution in [1.29, 1.82) is 0 Å². The zero-order valence-electron chi connectivity index (χ0n) is 57.9. The van der Waals surface area contributed by atoms with Gasteiger partial charge in [0.15, 0.2) is 29.2 Å². The number of aldehydes is 1. The SMILES string of the molecule is CC1O[C@@H](OC2C(O)[C@@H](NC(=O)CCCCCNC(=S)Nc3ccc(-c4c5ccc(=O)cc-5oc5cc(O)ccc45)c(C(=O)O)c3)C(CO)O[C@H]2OC(=O)[C@]23CCC(C)(C)CC2C2=CCC4C5(C)CC[C@H](O)C(C)(C=O)[C@@H]5CCC4(C)C2(C)C[C@@H]3O)C(O)C(O)[C@H]1O[C@@H]1OC[C@@H](O)C(O)C1O. The lowest BCUT2D eigenvalue weighted by Gasteiger charge is -2.71. The molecule has 3 saturated heterocycles. The van der Waals surface area contributed by atoms with Crippen LogP contribution in [0.1, 0.15) is 142 Å². The second-order valence-corrected chi connectivity index (χ2v) is 31.9. The summed E-state index contributed by atoms with van der Waals surface area (Å²) in [6, 6.07) is 11.9. The van der Waals surface area contributed by atoms with Crippen molar-refractivity contribution in [2.24, 2.45) is 50.2 Å². The maximum atomic E-state index is 15.8. The van der Waals surface area contributed by atoms with E-state index in [4.69, 9.17) is 45.1 Å². The summed E-state index contributed by atoms with van der Waals surface area (Å²) >= 11 is 5.58. The Bertz CT molecular complexity index is 3850. The first-order valence-corrected chi connectivity index (χ1v) is 35.7. The number of rotatable bonds is 18. The number of anilines is 1. The van der Waals surface area contributed by atoms with E-state index in [2.05, 4.69) is 56.6 Å². The van der Waals surface area contributed by atoms with Gasteiger partial charge >= 0.3 is 11.9 Å². The van der Waals surface area contributed by atoms with E-state index in [0.717, 1.165) is 18.3 Å². The van der Waals surface area contributed by atoms with Crippen molar-refractivity contribution < 1.29 is 108 Å². The number of hydrogen-bond acceptors (Lipinski definition) is 23. The van der Waals surface area contributed by atoms with Crippen LogP contribution < -0.4 is 21.4 Å². The summed E-state index contributed by atoms with van der Waals surface area (Å²) in [7, 11) is 0. The van der Waals surface area contributed by atoms with Crippen molar-refractivity contribution in [1.82, 2.24) is 10.6 Å². The van der Waals surface area contributed by atoms with Crippen LogP contribution in [0.15, 0.2) is 75.5 Å². The molecular weight excluding hydrogens is 1330 g/mol. The van der Waals surface area contributed by atoms with Crippen LogP contribution in [-0.2, 0) is 42.8 Å². The zero-order chi connectivity index (χ0) is 72.8. The van der Waals surface area contributed by atoms with Crippen LogP contribution in [0.4, 0.5) is 5.69 Å². The minimum Gasteiger partial charge on any atom is -0.508 e. The van der Waals surface area contributed by atoms with Gasteiger partial charge in [-0.05, 0) is 171 Å². The molecule has 0 bridgehead atoms. The number of carboxylic acid groups (broad SMARTS) is 1. The number of aliphatic hydroxyl groups excluding tert-OH is 9. The van der Waals surface area contributed by atoms with Gasteiger partial charge in [-0.3, -0.25) is 14.4 Å². The maximum absolute atomic E-state index is 15.8. The number of unbranched alkanes of at least 4 members (excludes halogenated alkanes) is 2. The number of benzene rings is 3. The van der Waals surface area contributed by atoms with Crippen molar-refractivity contribution in [3.8, 4) is 28.2 Å². The first-order valence-electron chi connectivity index (χ1n) is 35.3. The quantitative estimate of drug-likeness (QED) is 0.0157. The smallest absolute Gasteiger partial charge is 0.336 e. The Morgan fingerprint density at radius 2 is 1.49 bits per heavy atom. The fraction of sp³-hybridized carbons (Fsp3) is 0.649. The molecule has 7 fully saturated rings. The minimum absolute atomic E-state index is 0.0691. The van der Waals surface area contributed by atoms with Gasteiger partial charge < -0.3 is 110 Å². The van der Waals surface area contributed by atoms with E-state index >= 15 is 4.79 Å². The standard InChI is InChI=1S/C74H97N3O23S/c1-35-61(98-64-59(89)56(86)45(82)33-94-64)58(88)60(90)65(95-35)99-62-57(87)55(77-53(85)11-9-8-10-26-75-68(101)76-36-12-15-39(42(27-36)63(91)92)54-40-16-13-37(80)28-46(40)96-47-29-38(81)14-17-41(47)54)48(32-78)97-66(62)100-67(93)74-25-24-69(2,3)30-44(74)43-18-19-50-70(4)22-21-51(83)71(5,34-79)49(70)20-23-72(50,6)73(43,7)31-52(74)84/h12-18,27-29,34-35,44-45,48-52,55-62,64-66,78,80,82-84,86-90H,8-11,19-26,30-33H2,1-7H3,(H,77,85)(H,91,92)(H2,75,76,101)/t35?,44?,45-,48?,49-,50?,51+,52+,55+,56?,57?,58?,59?,60?,61+,62?,64+,65+,66+,70?,71?,72?,73?,74-/m1/s1. The second-order valence-electron chi connectivity index (χ2n) is 31.4. The number of carboxylic acids is 1. The molecule has 14 unspecified atom stereocenters. The molecule has 4 saturated carbocycles. The summed E-state index contributed by atoms with van der Waals surface area (Å²) in [5.41, 5.74) is -1.69. The van der Waals surface area contributed by atoms with Gasteiger partial charge in [-0.15, -0.1) is 0 Å². The van der Waals surface area contributed by atoms with E-state index in [1.807, 2.05) is 6.92 Å². The number of carbonyl (C=O) groups excluding carboxylic acids is 3. The molecule has 14 N–H and O–H groups in total. The first-order chi connectivity index (χ1) is 47.7. The lowest BCUT2D eigenvalue weighted by Crippen LogP contribution is -2.69. The van der Waals surface area contributed by atoms with Crippen molar-refractivity contribution in [3.63, 3.8) is 0 Å². The Balaban J connectivity index is 0.737. The number of aromatic carboxylic acids is 1. The molecule has 10 aliphatic rings. The predicted octanol–water partition coefficient (Wildman–Crippen LogP) is 4.91. The number of phenols is 1. The molecule has 2 aromatic rings. The van der Waals surface area contributed by atoms with Crippen LogP contribution in [-0.4, -0.2) is 203 Å². The number of esters is 1. The summed E-state index contributed by atoms with van der Waals surface area (Å²) < 4.78 is 42.6. The van der Waals surface area contributed by atoms with Crippen LogP contribution in [0.25, 0.3) is 33.4 Å². The second kappa shape index (κ2) is 28.4. The van der Waals surface area contributed by atoms with Crippen molar-refractivity contribution in [3.05, 3.63) is 82.0 Å². The molecule has 6 aliphatic carbocycles. The molecule has 4 aliphatic heterocycles. The molecule has 2 aromatic carbocycles. The van der Waals surface area contributed by atoms with Gasteiger partial charge in [0.05, 0.1) is 48.5 Å². The highest BCUT2D eigenvalue weighted by Crippen LogP contribution is 2.76. The first kappa shape index (κ1) is 74.6. The highest BCUT2D eigenvalue weighted by Gasteiger charge is 2.72. The number of carbonyl (C=O) groups is 4. The molecule has 0 spiro atoms. The van der Waals surface area contributed by atoms with E-state index in [-0.39, 0.29) is 75.1 Å². The third-order valence-corrected chi connectivity index (χ3v) is 25.3. The molecule has 4 heterocycles. The number of aliphatic hydroxyl groups is 9. The molecule has 0 radical (unpaired) electrons. The summed E-state index contributed by atoms with van der Waals surface area (Å²) in [6.07, 6.45) is -14.9. The van der Waals surface area contributed by atoms with Gasteiger partial charge in [0, 0.05) is 47.3 Å². The van der Waals surface area contributed by atoms with Crippen LogP contribution in [0, 0.1) is 50.2 Å². The Morgan fingerprint density at radius 3 is 2.22 bits per heavy atom. The third-order valence-electron chi connectivity index (χ3n) is 25.1. The maximum Gasteiger partial charge on any atom is 0.336 e. The zero-order valence-corrected chi connectivity index (χ0v) is 58.7. The molecule has 552 valence electrons. The summed E-state index contributed by atoms with van der Waals surface area (Å²) in [5, 5.41) is 133. The van der Waals surface area contributed by atoms with Gasteiger partial charge in [0.1, 0.15) is 77.6 Å². The number of phenolic OH excluding ortho intramolecular Hbond substituents is 1. The van der Waals surface area contributed by atoms with Gasteiger partial charge in [-0.1, -0.05) is 65.7 Å². The fourth-order valence-corrected chi connectivity index (χ4v) is 19.4. The number of nitrogens with one attached hydrogen (secondary N) is 3. The van der Waals surface area contributed by atoms with Crippen LogP contribution in [0.5, 0.6) is 5.75 Å². The molecule has 12 rings (SSSR count). The van der Waals surface area contributed by atoms with E-state index in [0.29, 0.717) is 92.1 Å². The Hall–Kier alpha value is -6.12. The van der Waals surface area contributed by atoms with E-state index in [1.54, 1.807) is 24.3 Å². The average Bonchev–Trinajstić information content (AvgIpc) is 0.671. The topological polar surface area (TPSA) is 412 Å². The largest absolute Gasteiger partial charge is 0.508 e. The highest BCUT2D eigenvalue weighted by atomic mass is 32.1. The van der Waals surface area contributed by atoms with E-state index < -0.39 is 157 Å². The number of ether oxygens (including phenoxy) is 6. The number of aromatic hydroxyl groups is 1. The molecule has 0 aromatic heterocycles. The van der Waals surface area contributed by atoms with Crippen molar-refractivity contribution in [2.75, 3.05) is 25.1 Å². The monoisotopic (exact) mass is 1430 g/mol. The lowest BCUT2D eigenvalue weighted by atomic mass is 9.33. The van der Waals surface area contributed by atoms with Crippen LogP contribution in [0.3, 0.4) is 0 Å². The van der Waals surface area contributed by atoms with Gasteiger partial charge in [-0.25, -0.2) is 4.79 Å². The Morgan fingerprint density at radius 1 is 0.752 bits per heavy atom. The summed E-state index contributed by atoms with van der Waals surface area (Å²) in [4.78, 5) is 67.9. The number of allylic oxidation sites excluding steroid dienone is 2. The van der Waals surface area contributed by atoms with Crippen LogP contribution in [0.2, 0.25) is 0 Å². The minimum atomic E-state index is -2.00. The average molecular weight is 1430 g/mol. The van der Waals surface area contributed by atoms with Crippen molar-refractivity contribution >= 4 is 58.1 Å². The summed E-state index contributed by atoms with van der Waals surface area (Å²) in [6.45, 7) is 13.4. The molecule has 101 heavy (non-hydrogen) atoms. The number of fused-ring (bicyclic) bond motifs is 9. The Kier molecular flexibility index (Phi) is 21.0. The Labute approximate surface area is 590 Å². The third kappa shape index (κ3) is 13.2. The number of hydrogen-bond donors (Lipinski definition) is 14. The van der Waals surface area contributed by atoms with E-state index in [1.165, 1.54) is 37.3 Å². The highest BCUT2D eigenvalue weighted by molar-refractivity contribution is 7.80. The number of amides is 1. The molecule has 26 nitrogen and oxygen atoms in total. The van der Waals surface area contributed by atoms with Crippen LogP contribution >= 0.6 is 12.2 Å². The fourth-order valence-electron chi connectivity index (χ4n) is 19.2.